The Morgan fingerprint density at radius 2 is 1.83 bits per heavy atom. The number of rotatable bonds is 7. The van der Waals surface area contributed by atoms with Crippen LogP contribution in [-0.4, -0.2) is 71.2 Å². The largest absolute Gasteiger partial charge is 0.495 e. The number of halogens is 3. The molecule has 5 rings (SSSR count). The van der Waals surface area contributed by atoms with Gasteiger partial charge < -0.3 is 34.7 Å². The van der Waals surface area contributed by atoms with Gasteiger partial charge in [-0.15, -0.1) is 0 Å². The van der Waals surface area contributed by atoms with Crippen LogP contribution in [0.4, 0.5) is 29.3 Å². The van der Waals surface area contributed by atoms with Crippen LogP contribution in [0.2, 0.25) is 0 Å². The zero-order valence-corrected chi connectivity index (χ0v) is 27.2. The second kappa shape index (κ2) is 13.3. The molecule has 2 bridgehead atoms. The van der Waals surface area contributed by atoms with Crippen LogP contribution in [0, 0.1) is 11.8 Å². The van der Waals surface area contributed by atoms with Crippen molar-refractivity contribution in [3.63, 3.8) is 0 Å². The number of alkyl halides is 3. The number of hydrogen-bond acceptors (Lipinski definition) is 7. The zero-order valence-electron chi connectivity index (χ0n) is 26.4. The van der Waals surface area contributed by atoms with Crippen LogP contribution in [-0.2, 0) is 4.74 Å². The molecule has 2 fully saturated rings. The Kier molecular flexibility index (Phi) is 9.58. The summed E-state index contributed by atoms with van der Waals surface area (Å²) in [6.07, 6.45) is 4.62. The Morgan fingerprint density at radius 1 is 1.07 bits per heavy atom. The number of aromatic nitrogens is 1. The minimum Gasteiger partial charge on any atom is -0.495 e. The minimum atomic E-state index is -4.53. The monoisotopic (exact) mass is 657 g/mol. The number of benzene rings is 1. The zero-order chi connectivity index (χ0) is 33.2. The van der Waals surface area contributed by atoms with E-state index in [1.54, 1.807) is 36.5 Å². The molecule has 2 aromatic heterocycles. The lowest BCUT2D eigenvalue weighted by Crippen LogP contribution is -2.54. The van der Waals surface area contributed by atoms with Gasteiger partial charge in [-0.2, -0.15) is 13.2 Å². The van der Waals surface area contributed by atoms with Crippen molar-refractivity contribution in [2.75, 3.05) is 31.3 Å². The number of anilines is 2. The Bertz CT molecular complexity index is 1670. The van der Waals surface area contributed by atoms with Crippen LogP contribution in [0.25, 0.3) is 5.52 Å². The van der Waals surface area contributed by atoms with Crippen molar-refractivity contribution in [2.24, 2.45) is 0 Å². The van der Waals surface area contributed by atoms with E-state index in [0.717, 1.165) is 25.7 Å². The van der Waals surface area contributed by atoms with Crippen LogP contribution in [0.3, 0.4) is 0 Å². The molecule has 0 radical (unpaired) electrons. The van der Waals surface area contributed by atoms with Crippen molar-refractivity contribution in [2.45, 2.75) is 80.7 Å². The highest BCUT2D eigenvalue weighted by molar-refractivity contribution is 8.00. The lowest BCUT2D eigenvalue weighted by atomic mass is 9.97. The summed E-state index contributed by atoms with van der Waals surface area (Å²) in [5.41, 5.74) is -2.67. The van der Waals surface area contributed by atoms with E-state index in [4.69, 9.17) is 9.47 Å². The van der Waals surface area contributed by atoms with Gasteiger partial charge in [0, 0.05) is 42.7 Å². The van der Waals surface area contributed by atoms with Gasteiger partial charge in [-0.05, 0) is 82.9 Å². The summed E-state index contributed by atoms with van der Waals surface area (Å²) in [7, 11) is 3.01. The second-order valence-corrected chi connectivity index (χ2v) is 13.3. The van der Waals surface area contributed by atoms with Gasteiger partial charge in [-0.3, -0.25) is 4.79 Å². The summed E-state index contributed by atoms with van der Waals surface area (Å²) in [6, 6.07) is 10.1. The highest BCUT2D eigenvalue weighted by atomic mass is 32.2. The van der Waals surface area contributed by atoms with Crippen LogP contribution in [0.1, 0.15) is 62.4 Å². The number of amides is 2. The van der Waals surface area contributed by atoms with Gasteiger partial charge in [0.15, 0.2) is 0 Å². The normalized spacial score (nSPS) is 19.3. The maximum Gasteiger partial charge on any atom is 0.447 e. The Hall–Kier alpha value is -4.18. The summed E-state index contributed by atoms with van der Waals surface area (Å²) < 4.78 is 53.8. The van der Waals surface area contributed by atoms with Crippen molar-refractivity contribution >= 4 is 40.7 Å². The highest BCUT2D eigenvalue weighted by Crippen LogP contribution is 2.42. The van der Waals surface area contributed by atoms with E-state index in [1.165, 1.54) is 18.6 Å². The number of fused-ring (bicyclic) bond motifs is 3. The molecule has 4 heterocycles. The number of carbonyl (C=O) groups is 2. The van der Waals surface area contributed by atoms with Crippen LogP contribution >= 0.6 is 11.8 Å². The van der Waals surface area contributed by atoms with Gasteiger partial charge in [-0.25, -0.2) is 4.79 Å². The molecule has 13 heteroatoms. The third kappa shape index (κ3) is 7.44. The molecule has 2 amide bonds. The maximum absolute atomic E-state index is 13.7. The summed E-state index contributed by atoms with van der Waals surface area (Å²) >= 11 is -0.209. The van der Waals surface area contributed by atoms with Crippen molar-refractivity contribution in [3.8, 4) is 17.6 Å². The molecule has 3 atom stereocenters. The van der Waals surface area contributed by atoms with Gasteiger partial charge in [-0.1, -0.05) is 11.8 Å². The Balaban J connectivity index is 1.39. The van der Waals surface area contributed by atoms with Gasteiger partial charge >= 0.3 is 11.6 Å². The maximum atomic E-state index is 13.7. The van der Waals surface area contributed by atoms with E-state index >= 15 is 0 Å². The molecule has 46 heavy (non-hydrogen) atoms. The molecule has 9 nitrogen and oxygen atoms in total. The molecule has 3 N–H and O–H groups in total. The summed E-state index contributed by atoms with van der Waals surface area (Å²) in [4.78, 5) is 26.9. The summed E-state index contributed by atoms with van der Waals surface area (Å²) in [5.74, 6) is 6.02. The molecule has 2 aliphatic rings. The SMILES string of the molecule is CNC(=O)c1ccc(NCC#Cc2cc3c(N[C@@H]4CC[C@@H]5CC[C@H]4N5C(=O)OC(C)(C)C)cccn3c2SC(F)(F)F)c(OC)c1. The van der Waals surface area contributed by atoms with Crippen LogP contribution in [0.5, 0.6) is 5.75 Å². The smallest absolute Gasteiger partial charge is 0.447 e. The first-order valence-corrected chi connectivity index (χ1v) is 15.9. The van der Waals surface area contributed by atoms with Crippen molar-refractivity contribution < 1.29 is 32.2 Å². The van der Waals surface area contributed by atoms with Crippen molar-refractivity contribution in [3.05, 3.63) is 53.7 Å². The summed E-state index contributed by atoms with van der Waals surface area (Å²) in [6.45, 7) is 5.65. The molecule has 1 aromatic carbocycles. The first-order chi connectivity index (χ1) is 21.8. The average Bonchev–Trinajstić information content (AvgIpc) is 3.51. The fourth-order valence-corrected chi connectivity index (χ4v) is 6.82. The molecule has 2 saturated heterocycles. The number of hydrogen-bond donors (Lipinski definition) is 3. The van der Waals surface area contributed by atoms with Crippen molar-refractivity contribution in [1.82, 2.24) is 14.6 Å². The Morgan fingerprint density at radius 3 is 2.52 bits per heavy atom. The molecular weight excluding hydrogens is 619 g/mol. The molecular formula is C33H38F3N5O4S. The molecule has 0 spiro atoms. The second-order valence-electron chi connectivity index (χ2n) is 12.3. The number of carbonyl (C=O) groups excluding carboxylic acids is 2. The standard InChI is InChI=1S/C33H38F3N5O4S/c1-32(2,3)45-31(43)41-22-11-14-24(26(41)15-12-22)39-23-9-7-17-40-27(23)18-21(30(40)46-33(34,35)36)8-6-16-38-25-13-10-20(29(42)37-4)19-28(25)44-5/h7,9-10,13,17-19,22,24,26,38-39H,11-12,14-16H2,1-5H3,(H,37,42)/t22-,24-,26-/m1/s1. The topological polar surface area (TPSA) is 96.3 Å². The highest BCUT2D eigenvalue weighted by Gasteiger charge is 2.46. The molecule has 246 valence electrons. The predicted molar refractivity (Wildman–Crippen MR) is 173 cm³/mol. The van der Waals surface area contributed by atoms with E-state index in [1.807, 2.05) is 31.7 Å². The lowest BCUT2D eigenvalue weighted by molar-refractivity contribution is -0.0330. The first kappa shape index (κ1) is 33.2. The third-order valence-electron chi connectivity index (χ3n) is 8.02. The molecule has 2 aliphatic heterocycles. The van der Waals surface area contributed by atoms with E-state index < -0.39 is 11.1 Å². The van der Waals surface area contributed by atoms with E-state index in [0.29, 0.717) is 28.2 Å². The predicted octanol–water partition coefficient (Wildman–Crippen LogP) is 6.73. The number of methoxy groups -OCH3 is 1. The van der Waals surface area contributed by atoms with Gasteiger partial charge in [0.2, 0.25) is 0 Å². The van der Waals surface area contributed by atoms with Crippen LogP contribution in [0.15, 0.2) is 47.6 Å². The Labute approximate surface area is 270 Å². The van der Waals surface area contributed by atoms with Crippen LogP contribution < -0.4 is 20.7 Å². The molecule has 0 aliphatic carbocycles. The molecule has 0 unspecified atom stereocenters. The summed E-state index contributed by atoms with van der Waals surface area (Å²) in [5, 5.41) is 9.18. The number of nitrogens with zero attached hydrogens (tertiary/aromatic N) is 2. The number of nitrogens with one attached hydrogen (secondary N) is 3. The number of piperidine rings is 1. The number of ether oxygens (including phenoxy) is 2. The quantitative estimate of drug-likeness (QED) is 0.192. The van der Waals surface area contributed by atoms with E-state index in [-0.39, 0.29) is 59.0 Å². The average molecular weight is 658 g/mol. The lowest BCUT2D eigenvalue weighted by Gasteiger charge is -2.41. The van der Waals surface area contributed by atoms with E-state index in [2.05, 4.69) is 27.8 Å². The van der Waals surface area contributed by atoms with Gasteiger partial charge in [0.05, 0.1) is 42.2 Å². The molecule has 3 aromatic rings. The van der Waals surface area contributed by atoms with Gasteiger partial charge in [0.1, 0.15) is 16.4 Å². The fourth-order valence-electron chi connectivity index (χ4n) is 6.12. The fraction of sp³-hybridized carbons (Fsp3) is 0.455. The first-order valence-electron chi connectivity index (χ1n) is 15.1. The number of pyridine rings is 1. The molecule has 0 saturated carbocycles. The minimum absolute atomic E-state index is 0.0360. The van der Waals surface area contributed by atoms with E-state index in [9.17, 15) is 22.8 Å². The van der Waals surface area contributed by atoms with Gasteiger partial charge in [0.25, 0.3) is 5.91 Å². The van der Waals surface area contributed by atoms with Crippen molar-refractivity contribution in [1.29, 1.82) is 0 Å². The number of thioether (sulfide) groups is 1. The third-order valence-corrected chi connectivity index (χ3v) is 8.87.